The zero-order valence-electron chi connectivity index (χ0n) is 8.61. The minimum Gasteiger partial charge on any atom is -0.450 e. The van der Waals surface area contributed by atoms with E-state index in [4.69, 9.17) is 10.2 Å². The van der Waals surface area contributed by atoms with Gasteiger partial charge in [-0.3, -0.25) is 0 Å². The Balaban J connectivity index is -0.000000153. The molecular weight excluding hydrogens is 206 g/mol. The van der Waals surface area contributed by atoms with Crippen molar-refractivity contribution in [2.45, 2.75) is 13.8 Å². The Kier molecular flexibility index (Phi) is 22.2. The average molecular weight is 221 g/mol. The molecule has 0 saturated carbocycles. The Hall–Kier alpha value is -2.08. The number of carbonyl (C=O) groups is 2. The van der Waals surface area contributed by atoms with Gasteiger partial charge in [0.25, 0.3) is 0 Å². The van der Waals surface area contributed by atoms with Gasteiger partial charge in [-0.2, -0.15) is 0 Å². The number of nitrogens with one attached hydrogen (secondary N) is 1. The molecule has 0 aliphatic heterocycles. The van der Waals surface area contributed by atoms with Crippen molar-refractivity contribution >= 4 is 18.3 Å². The van der Waals surface area contributed by atoms with E-state index in [0.29, 0.717) is 13.2 Å². The van der Waals surface area contributed by atoms with E-state index in [2.05, 4.69) is 20.9 Å². The van der Waals surface area contributed by atoms with Crippen molar-refractivity contribution in [2.75, 3.05) is 13.2 Å². The summed E-state index contributed by atoms with van der Waals surface area (Å²) in [6.45, 7) is 4.11. The Bertz CT molecular complexity index is 185. The van der Waals surface area contributed by atoms with Crippen LogP contribution in [0.25, 0.3) is 0 Å². The number of rotatable bonds is 2. The molecule has 0 aromatic rings. The number of isocyanates is 1. The number of hydrogen-bond acceptors (Lipinski definition) is 6. The number of carbonyl (C=O) groups excluding carboxylic acids is 3. The molecule has 5 N–H and O–H groups in total. The molecule has 0 spiro atoms. The van der Waals surface area contributed by atoms with Gasteiger partial charge in [0, 0.05) is 0 Å². The van der Waals surface area contributed by atoms with Gasteiger partial charge in [0.2, 0.25) is 6.08 Å². The molecule has 0 bridgehead atoms. The monoisotopic (exact) mass is 221 g/mol. The molecule has 0 saturated heterocycles. The maximum Gasteiger partial charge on any atom is 0.404 e. The first kappa shape index (κ1) is 18.7. The van der Waals surface area contributed by atoms with E-state index < -0.39 is 12.2 Å². The molecule has 0 radical (unpaired) electrons. The smallest absolute Gasteiger partial charge is 0.404 e. The average Bonchev–Trinajstić information content (AvgIpc) is 2.05. The van der Waals surface area contributed by atoms with Crippen LogP contribution in [0.15, 0.2) is 0 Å². The molecule has 0 fully saturated rings. The van der Waals surface area contributed by atoms with Gasteiger partial charge in [0.1, 0.15) is 0 Å². The summed E-state index contributed by atoms with van der Waals surface area (Å²) >= 11 is 0. The summed E-state index contributed by atoms with van der Waals surface area (Å²) in [4.78, 5) is 27.5. The normalized spacial score (nSPS) is 6.53. The van der Waals surface area contributed by atoms with Gasteiger partial charge in [-0.1, -0.05) is 0 Å². The third-order valence-electron chi connectivity index (χ3n) is 0.573. The summed E-state index contributed by atoms with van der Waals surface area (Å²) in [6, 6.07) is 0. The summed E-state index contributed by atoms with van der Waals surface area (Å²) in [5.74, 6) is 0. The van der Waals surface area contributed by atoms with E-state index in [1.54, 1.807) is 13.8 Å². The lowest BCUT2D eigenvalue weighted by Crippen LogP contribution is -2.11. The minimum atomic E-state index is -0.711. The van der Waals surface area contributed by atoms with E-state index in [1.165, 1.54) is 0 Å². The second-order valence-electron chi connectivity index (χ2n) is 1.61. The molecule has 8 nitrogen and oxygen atoms in total. The van der Waals surface area contributed by atoms with Crippen LogP contribution >= 0.6 is 0 Å². The van der Waals surface area contributed by atoms with Crippen LogP contribution in [0.3, 0.4) is 0 Å². The lowest BCUT2D eigenvalue weighted by molar-refractivity contribution is 0.162. The lowest BCUT2D eigenvalue weighted by atomic mass is 10.9. The largest absolute Gasteiger partial charge is 0.450 e. The van der Waals surface area contributed by atoms with Crippen molar-refractivity contribution in [3.63, 3.8) is 0 Å². The summed E-state index contributed by atoms with van der Waals surface area (Å²) < 4.78 is 8.36. The van der Waals surface area contributed by atoms with Crippen molar-refractivity contribution in [3.05, 3.63) is 0 Å². The molecule has 0 atom stereocenters. The highest BCUT2D eigenvalue weighted by Gasteiger charge is 1.82. The highest BCUT2D eigenvalue weighted by molar-refractivity contribution is 5.64. The zero-order valence-corrected chi connectivity index (χ0v) is 8.61. The summed E-state index contributed by atoms with van der Waals surface area (Å²) in [5, 5.41) is 5.40. The molecule has 0 heterocycles. The second kappa shape index (κ2) is 17.9. The quantitative estimate of drug-likeness (QED) is 0.447. The number of ether oxygens (including phenoxy) is 2. The van der Waals surface area contributed by atoms with Crippen molar-refractivity contribution in [1.29, 1.82) is 5.41 Å². The maximum absolute atomic E-state index is 9.60. The fourth-order valence-electron chi connectivity index (χ4n) is 0.285. The van der Waals surface area contributed by atoms with Gasteiger partial charge < -0.3 is 20.9 Å². The van der Waals surface area contributed by atoms with E-state index in [1.807, 2.05) is 0 Å². The van der Waals surface area contributed by atoms with Gasteiger partial charge >= 0.3 is 12.2 Å². The van der Waals surface area contributed by atoms with Crippen molar-refractivity contribution < 1.29 is 23.9 Å². The molecule has 0 rings (SSSR count). The van der Waals surface area contributed by atoms with Crippen molar-refractivity contribution in [2.24, 2.45) is 11.5 Å². The van der Waals surface area contributed by atoms with Gasteiger partial charge in [0.05, 0.1) is 13.2 Å². The van der Waals surface area contributed by atoms with Crippen LogP contribution in [0, 0.1) is 5.41 Å². The fraction of sp³-hybridized carbons (Fsp3) is 0.571. The molecule has 8 heteroatoms. The van der Waals surface area contributed by atoms with E-state index in [9.17, 15) is 9.59 Å². The molecular formula is C7H15N3O5. The molecule has 0 aromatic heterocycles. The Morgan fingerprint density at radius 1 is 1.13 bits per heavy atom. The van der Waals surface area contributed by atoms with Crippen LogP contribution in [-0.4, -0.2) is 31.5 Å². The first-order valence-corrected chi connectivity index (χ1v) is 3.84. The van der Waals surface area contributed by atoms with E-state index >= 15 is 0 Å². The standard InChI is InChI=1S/2C3H7NO2.CHNO/c2*1-2-6-3(4)5;2-1-3/h2*2H2,1H3,(H2,4,5);2H. The summed E-state index contributed by atoms with van der Waals surface area (Å²) in [6.07, 6.45) is -0.671. The molecule has 0 unspecified atom stereocenters. The SMILES string of the molecule is CCOC(N)=O.CCOC(N)=O.N=C=O. The molecule has 2 amide bonds. The Labute approximate surface area is 87.0 Å². The molecule has 0 aromatic carbocycles. The first-order chi connectivity index (χ1) is 6.95. The van der Waals surface area contributed by atoms with E-state index in [-0.39, 0.29) is 0 Å². The fourth-order valence-corrected chi connectivity index (χ4v) is 0.285. The molecule has 15 heavy (non-hydrogen) atoms. The maximum atomic E-state index is 9.60. The molecule has 0 aliphatic rings. The highest BCUT2D eigenvalue weighted by atomic mass is 16.5. The van der Waals surface area contributed by atoms with Crippen LogP contribution in [0.4, 0.5) is 9.59 Å². The third-order valence-corrected chi connectivity index (χ3v) is 0.573. The van der Waals surface area contributed by atoms with Crippen molar-refractivity contribution in [3.8, 4) is 0 Å². The lowest BCUT2D eigenvalue weighted by Gasteiger charge is -1.89. The van der Waals surface area contributed by atoms with Crippen LogP contribution < -0.4 is 11.5 Å². The van der Waals surface area contributed by atoms with E-state index in [0.717, 1.165) is 6.08 Å². The Morgan fingerprint density at radius 2 is 1.33 bits per heavy atom. The second-order valence-corrected chi connectivity index (χ2v) is 1.61. The number of nitrogens with two attached hydrogens (primary N) is 2. The van der Waals surface area contributed by atoms with Crippen LogP contribution in [0.5, 0.6) is 0 Å². The third kappa shape index (κ3) is 76.3. The van der Waals surface area contributed by atoms with Crippen LogP contribution in [-0.2, 0) is 14.3 Å². The van der Waals surface area contributed by atoms with Gasteiger partial charge in [-0.05, 0) is 13.8 Å². The molecule has 0 aliphatic carbocycles. The predicted molar refractivity (Wildman–Crippen MR) is 50.8 cm³/mol. The topological polar surface area (TPSA) is 146 Å². The molecule has 88 valence electrons. The Morgan fingerprint density at radius 3 is 1.33 bits per heavy atom. The highest BCUT2D eigenvalue weighted by Crippen LogP contribution is 1.66. The summed E-state index contributed by atoms with van der Waals surface area (Å²) in [7, 11) is 0. The number of primary amides is 2. The van der Waals surface area contributed by atoms with Gasteiger partial charge in [0.15, 0.2) is 0 Å². The van der Waals surface area contributed by atoms with Crippen LogP contribution in [0.1, 0.15) is 13.8 Å². The number of amides is 2. The van der Waals surface area contributed by atoms with Gasteiger partial charge in [-0.15, -0.1) is 0 Å². The predicted octanol–water partition coefficient (Wildman–Crippen LogP) is 0.104. The van der Waals surface area contributed by atoms with Gasteiger partial charge in [-0.25, -0.2) is 19.8 Å². The number of hydrogen-bond donors (Lipinski definition) is 3. The van der Waals surface area contributed by atoms with Crippen molar-refractivity contribution in [1.82, 2.24) is 0 Å². The summed E-state index contributed by atoms with van der Waals surface area (Å²) in [5.41, 5.74) is 9.08. The zero-order chi connectivity index (χ0) is 12.7. The van der Waals surface area contributed by atoms with Crippen LogP contribution in [0.2, 0.25) is 0 Å². The minimum absolute atomic E-state index is 0.356. The first-order valence-electron chi connectivity index (χ1n) is 3.84.